The van der Waals surface area contributed by atoms with Crippen LogP contribution in [0.5, 0.6) is 0 Å². The molecule has 1 N–H and O–H groups in total. The van der Waals surface area contributed by atoms with Gasteiger partial charge in [0.2, 0.25) is 0 Å². The van der Waals surface area contributed by atoms with Crippen molar-refractivity contribution < 1.29 is 13.9 Å². The van der Waals surface area contributed by atoms with Gasteiger partial charge in [0, 0.05) is 18.7 Å². The zero-order valence-corrected chi connectivity index (χ0v) is 13.1. The van der Waals surface area contributed by atoms with E-state index < -0.39 is 0 Å². The van der Waals surface area contributed by atoms with Gasteiger partial charge in [-0.1, -0.05) is 42.5 Å². The minimum atomic E-state index is -0.351. The SMILES string of the molecule is COC(=O)/C=C/C(Cc1ccccc1)NC/C=C/c1ccco1. The molecule has 0 fully saturated rings. The van der Waals surface area contributed by atoms with E-state index in [9.17, 15) is 4.79 Å². The maximum absolute atomic E-state index is 11.3. The summed E-state index contributed by atoms with van der Waals surface area (Å²) in [5.74, 6) is 0.465. The maximum atomic E-state index is 11.3. The van der Waals surface area contributed by atoms with Gasteiger partial charge >= 0.3 is 5.97 Å². The molecule has 2 aromatic rings. The van der Waals surface area contributed by atoms with Gasteiger partial charge in [-0.3, -0.25) is 0 Å². The number of rotatable bonds is 8. The fraction of sp³-hybridized carbons (Fsp3) is 0.211. The molecule has 2 rings (SSSR count). The van der Waals surface area contributed by atoms with E-state index >= 15 is 0 Å². The summed E-state index contributed by atoms with van der Waals surface area (Å²) in [4.78, 5) is 11.3. The summed E-state index contributed by atoms with van der Waals surface area (Å²) in [6.07, 6.45) is 9.63. The molecule has 1 atom stereocenters. The van der Waals surface area contributed by atoms with E-state index in [-0.39, 0.29) is 12.0 Å². The van der Waals surface area contributed by atoms with E-state index in [1.54, 1.807) is 6.26 Å². The van der Waals surface area contributed by atoms with Crippen molar-refractivity contribution in [2.24, 2.45) is 0 Å². The lowest BCUT2D eigenvalue weighted by Gasteiger charge is -2.14. The van der Waals surface area contributed by atoms with Gasteiger partial charge in [-0.25, -0.2) is 4.79 Å². The fourth-order valence-corrected chi connectivity index (χ4v) is 2.12. The standard InChI is InChI=1S/C19H21NO3/c1-22-19(21)12-11-17(15-16-7-3-2-4-8-16)20-13-5-9-18-10-6-14-23-18/h2-12,14,17,20H,13,15H2,1H3/b9-5+,12-11+. The molecule has 0 aliphatic heterocycles. The van der Waals surface area contributed by atoms with E-state index in [1.165, 1.54) is 18.7 Å². The third-order valence-electron chi connectivity index (χ3n) is 3.29. The van der Waals surface area contributed by atoms with Crippen molar-refractivity contribution >= 4 is 12.0 Å². The molecule has 0 saturated carbocycles. The van der Waals surface area contributed by atoms with E-state index in [0.717, 1.165) is 12.2 Å². The van der Waals surface area contributed by atoms with Gasteiger partial charge in [0.15, 0.2) is 0 Å². The molecule has 23 heavy (non-hydrogen) atoms. The normalized spacial score (nSPS) is 12.7. The molecule has 4 heteroatoms. The van der Waals surface area contributed by atoms with Gasteiger partial charge < -0.3 is 14.5 Å². The molecule has 0 amide bonds. The Bertz CT molecular complexity index is 630. The van der Waals surface area contributed by atoms with E-state index in [1.807, 2.05) is 48.6 Å². The van der Waals surface area contributed by atoms with Gasteiger partial charge in [-0.05, 0) is 30.2 Å². The largest absolute Gasteiger partial charge is 0.466 e. The average Bonchev–Trinajstić information content (AvgIpc) is 3.10. The number of ether oxygens (including phenoxy) is 1. The summed E-state index contributed by atoms with van der Waals surface area (Å²) in [7, 11) is 1.37. The van der Waals surface area contributed by atoms with Crippen LogP contribution in [0.3, 0.4) is 0 Å². The zero-order chi connectivity index (χ0) is 16.3. The van der Waals surface area contributed by atoms with Crippen molar-refractivity contribution in [3.05, 3.63) is 78.3 Å². The molecule has 1 heterocycles. The second-order valence-corrected chi connectivity index (χ2v) is 5.00. The molecule has 0 aliphatic carbocycles. The third-order valence-corrected chi connectivity index (χ3v) is 3.29. The van der Waals surface area contributed by atoms with Gasteiger partial charge in [-0.15, -0.1) is 0 Å². The number of methoxy groups -OCH3 is 1. The molecular formula is C19H21NO3. The number of nitrogens with one attached hydrogen (secondary N) is 1. The Labute approximate surface area is 136 Å². The molecule has 1 unspecified atom stereocenters. The van der Waals surface area contributed by atoms with Crippen LogP contribution in [0.1, 0.15) is 11.3 Å². The van der Waals surface area contributed by atoms with Crippen LogP contribution in [-0.4, -0.2) is 25.7 Å². The van der Waals surface area contributed by atoms with Crippen molar-refractivity contribution in [3.63, 3.8) is 0 Å². The number of furan rings is 1. The molecule has 0 bridgehead atoms. The van der Waals surface area contributed by atoms with Crippen LogP contribution in [0.15, 0.2) is 71.4 Å². The molecule has 0 aliphatic rings. The first kappa shape index (κ1) is 16.8. The first-order chi connectivity index (χ1) is 11.3. The van der Waals surface area contributed by atoms with Crippen LogP contribution in [0.4, 0.5) is 0 Å². The van der Waals surface area contributed by atoms with Crippen LogP contribution >= 0.6 is 0 Å². The summed E-state index contributed by atoms with van der Waals surface area (Å²) < 4.78 is 9.89. The second-order valence-electron chi connectivity index (χ2n) is 5.00. The average molecular weight is 311 g/mol. The van der Waals surface area contributed by atoms with Crippen molar-refractivity contribution in [1.82, 2.24) is 5.32 Å². The van der Waals surface area contributed by atoms with Gasteiger partial charge in [0.1, 0.15) is 5.76 Å². The highest BCUT2D eigenvalue weighted by atomic mass is 16.5. The zero-order valence-electron chi connectivity index (χ0n) is 13.1. The summed E-state index contributed by atoms with van der Waals surface area (Å²) in [5, 5.41) is 3.39. The first-order valence-electron chi connectivity index (χ1n) is 7.51. The lowest BCUT2D eigenvalue weighted by Crippen LogP contribution is -2.29. The summed E-state index contributed by atoms with van der Waals surface area (Å²) >= 11 is 0. The molecule has 1 aromatic carbocycles. The minimum absolute atomic E-state index is 0.0396. The number of benzene rings is 1. The Morgan fingerprint density at radius 1 is 1.26 bits per heavy atom. The number of carbonyl (C=O) groups is 1. The Morgan fingerprint density at radius 3 is 2.78 bits per heavy atom. The highest BCUT2D eigenvalue weighted by Gasteiger charge is 2.05. The highest BCUT2D eigenvalue weighted by molar-refractivity contribution is 5.81. The predicted molar refractivity (Wildman–Crippen MR) is 90.8 cm³/mol. The fourth-order valence-electron chi connectivity index (χ4n) is 2.12. The topological polar surface area (TPSA) is 51.5 Å². The van der Waals surface area contributed by atoms with Crippen LogP contribution in [0, 0.1) is 0 Å². The van der Waals surface area contributed by atoms with Crippen LogP contribution in [0.25, 0.3) is 6.08 Å². The summed E-state index contributed by atoms with van der Waals surface area (Å²) in [6.45, 7) is 0.670. The number of hydrogen-bond acceptors (Lipinski definition) is 4. The van der Waals surface area contributed by atoms with Crippen LogP contribution in [0.2, 0.25) is 0 Å². The lowest BCUT2D eigenvalue weighted by atomic mass is 10.1. The molecule has 4 nitrogen and oxygen atoms in total. The Kier molecular flexibility index (Phi) is 6.88. The number of hydrogen-bond donors (Lipinski definition) is 1. The quantitative estimate of drug-likeness (QED) is 0.601. The Balaban J connectivity index is 1.92. The van der Waals surface area contributed by atoms with E-state index in [0.29, 0.717) is 6.54 Å². The Hall–Kier alpha value is -2.59. The van der Waals surface area contributed by atoms with Crippen LogP contribution < -0.4 is 5.32 Å². The first-order valence-corrected chi connectivity index (χ1v) is 7.51. The third kappa shape index (κ3) is 6.36. The van der Waals surface area contributed by atoms with Gasteiger partial charge in [0.05, 0.1) is 13.4 Å². The number of carbonyl (C=O) groups excluding carboxylic acids is 1. The molecule has 120 valence electrons. The molecular weight excluding hydrogens is 290 g/mol. The molecule has 0 spiro atoms. The predicted octanol–water partition coefficient (Wildman–Crippen LogP) is 3.22. The molecule has 0 saturated heterocycles. The van der Waals surface area contributed by atoms with Crippen molar-refractivity contribution in [1.29, 1.82) is 0 Å². The number of esters is 1. The smallest absolute Gasteiger partial charge is 0.330 e. The minimum Gasteiger partial charge on any atom is -0.466 e. The van der Waals surface area contributed by atoms with Gasteiger partial charge in [-0.2, -0.15) is 0 Å². The van der Waals surface area contributed by atoms with Crippen molar-refractivity contribution in [3.8, 4) is 0 Å². The summed E-state index contributed by atoms with van der Waals surface area (Å²) in [5.41, 5.74) is 1.20. The second kappa shape index (κ2) is 9.43. The molecule has 0 radical (unpaired) electrons. The maximum Gasteiger partial charge on any atom is 0.330 e. The van der Waals surface area contributed by atoms with Crippen LogP contribution in [-0.2, 0) is 16.0 Å². The van der Waals surface area contributed by atoms with Crippen molar-refractivity contribution in [2.45, 2.75) is 12.5 Å². The highest BCUT2D eigenvalue weighted by Crippen LogP contribution is 2.05. The van der Waals surface area contributed by atoms with E-state index in [4.69, 9.17) is 4.42 Å². The Morgan fingerprint density at radius 2 is 2.09 bits per heavy atom. The monoisotopic (exact) mass is 311 g/mol. The van der Waals surface area contributed by atoms with E-state index in [2.05, 4.69) is 22.2 Å². The lowest BCUT2D eigenvalue weighted by molar-refractivity contribution is -0.134. The van der Waals surface area contributed by atoms with Crippen molar-refractivity contribution in [2.75, 3.05) is 13.7 Å². The van der Waals surface area contributed by atoms with Gasteiger partial charge in [0.25, 0.3) is 0 Å². The molecule has 1 aromatic heterocycles. The summed E-state index contributed by atoms with van der Waals surface area (Å²) in [6, 6.07) is 13.9.